The van der Waals surface area contributed by atoms with Crippen LogP contribution in [0.1, 0.15) is 12.0 Å². The highest BCUT2D eigenvalue weighted by molar-refractivity contribution is 8.00. The molecule has 0 radical (unpaired) electrons. The summed E-state index contributed by atoms with van der Waals surface area (Å²) in [5, 5.41) is 0.705. The van der Waals surface area contributed by atoms with Gasteiger partial charge in [0, 0.05) is 5.25 Å². The van der Waals surface area contributed by atoms with Gasteiger partial charge in [0.15, 0.2) is 0 Å². The molecule has 0 N–H and O–H groups in total. The van der Waals surface area contributed by atoms with Crippen LogP contribution < -0.4 is 0 Å². The third-order valence-corrected chi connectivity index (χ3v) is 3.47. The Labute approximate surface area is 84.0 Å². The van der Waals surface area contributed by atoms with Crippen molar-refractivity contribution >= 4 is 11.8 Å². The highest BCUT2D eigenvalue weighted by Gasteiger charge is 2.08. The first-order valence-corrected chi connectivity index (χ1v) is 5.82. The first kappa shape index (κ1) is 8.89. The number of allylic oxidation sites excluding steroid dienone is 1. The fourth-order valence-electron chi connectivity index (χ4n) is 1.56. The minimum absolute atomic E-state index is 0.705. The van der Waals surface area contributed by atoms with Crippen molar-refractivity contribution < 1.29 is 0 Å². The first-order chi connectivity index (χ1) is 6.45. The fraction of sp³-hybridized carbons (Fsp3) is 0.333. The average molecular weight is 190 g/mol. The van der Waals surface area contributed by atoms with E-state index in [2.05, 4.69) is 54.2 Å². The molecule has 0 fully saturated rings. The van der Waals surface area contributed by atoms with E-state index in [9.17, 15) is 0 Å². The van der Waals surface area contributed by atoms with E-state index in [1.165, 1.54) is 24.2 Å². The molecule has 1 unspecified atom stereocenters. The quantitative estimate of drug-likeness (QED) is 0.645. The molecule has 1 atom stereocenters. The van der Waals surface area contributed by atoms with Crippen molar-refractivity contribution in [2.45, 2.75) is 18.1 Å². The van der Waals surface area contributed by atoms with E-state index in [0.717, 1.165) is 0 Å². The summed E-state index contributed by atoms with van der Waals surface area (Å²) in [5.41, 5.74) is 1.45. The van der Waals surface area contributed by atoms with Crippen LogP contribution in [0.15, 0.2) is 42.5 Å². The third kappa shape index (κ3) is 2.63. The Morgan fingerprint density at radius 1 is 1.23 bits per heavy atom. The lowest BCUT2D eigenvalue weighted by molar-refractivity contribution is 0.991. The van der Waals surface area contributed by atoms with Gasteiger partial charge in [-0.1, -0.05) is 42.5 Å². The molecule has 0 nitrogen and oxygen atoms in total. The van der Waals surface area contributed by atoms with E-state index in [1.54, 1.807) is 0 Å². The van der Waals surface area contributed by atoms with Crippen LogP contribution in [0.4, 0.5) is 0 Å². The normalized spacial score (nSPS) is 21.7. The number of benzene rings is 1. The minimum Gasteiger partial charge on any atom is -0.154 e. The van der Waals surface area contributed by atoms with Crippen molar-refractivity contribution in [2.75, 3.05) is 5.75 Å². The maximum Gasteiger partial charge on any atom is 0.0267 e. The van der Waals surface area contributed by atoms with Crippen LogP contribution in [0.5, 0.6) is 0 Å². The molecular formula is C12H14S. The van der Waals surface area contributed by atoms with Crippen molar-refractivity contribution in [3.8, 4) is 0 Å². The second-order valence-corrected chi connectivity index (χ2v) is 4.66. The SMILES string of the molecule is C1=CC(Cc2ccccc2)SCC1. The van der Waals surface area contributed by atoms with E-state index < -0.39 is 0 Å². The van der Waals surface area contributed by atoms with Gasteiger partial charge in [0.1, 0.15) is 0 Å². The van der Waals surface area contributed by atoms with Gasteiger partial charge >= 0.3 is 0 Å². The molecule has 0 spiro atoms. The summed E-state index contributed by atoms with van der Waals surface area (Å²) >= 11 is 2.07. The summed E-state index contributed by atoms with van der Waals surface area (Å²) in [6.07, 6.45) is 7.09. The van der Waals surface area contributed by atoms with Crippen LogP contribution in [0.2, 0.25) is 0 Å². The smallest absolute Gasteiger partial charge is 0.0267 e. The number of rotatable bonds is 2. The maximum atomic E-state index is 2.35. The number of thioether (sulfide) groups is 1. The molecule has 68 valence electrons. The third-order valence-electron chi connectivity index (χ3n) is 2.25. The molecular weight excluding hydrogens is 176 g/mol. The van der Waals surface area contributed by atoms with Gasteiger partial charge in [-0.05, 0) is 24.2 Å². The molecule has 0 amide bonds. The number of hydrogen-bond acceptors (Lipinski definition) is 1. The van der Waals surface area contributed by atoms with Crippen LogP contribution in [-0.4, -0.2) is 11.0 Å². The molecule has 1 aromatic carbocycles. The fourth-order valence-corrected chi connectivity index (χ4v) is 2.67. The van der Waals surface area contributed by atoms with Gasteiger partial charge in [-0.15, -0.1) is 0 Å². The molecule has 0 aliphatic carbocycles. The Bertz CT molecular complexity index is 276. The molecule has 0 bridgehead atoms. The van der Waals surface area contributed by atoms with Crippen LogP contribution in [-0.2, 0) is 6.42 Å². The molecule has 1 heterocycles. The molecule has 0 saturated carbocycles. The molecule has 1 aromatic rings. The highest BCUT2D eigenvalue weighted by atomic mass is 32.2. The van der Waals surface area contributed by atoms with Crippen molar-refractivity contribution in [3.05, 3.63) is 48.0 Å². The van der Waals surface area contributed by atoms with Gasteiger partial charge in [0.25, 0.3) is 0 Å². The van der Waals surface area contributed by atoms with E-state index in [4.69, 9.17) is 0 Å². The van der Waals surface area contributed by atoms with Crippen LogP contribution in [0.25, 0.3) is 0 Å². The molecule has 1 aliphatic heterocycles. The second-order valence-electron chi connectivity index (χ2n) is 3.32. The maximum absolute atomic E-state index is 2.35. The lowest BCUT2D eigenvalue weighted by atomic mass is 10.1. The zero-order valence-corrected chi connectivity index (χ0v) is 8.46. The van der Waals surface area contributed by atoms with Crippen molar-refractivity contribution in [1.29, 1.82) is 0 Å². The van der Waals surface area contributed by atoms with Crippen LogP contribution in [0.3, 0.4) is 0 Å². The molecule has 1 heteroatoms. The Hall–Kier alpha value is -0.690. The number of hydrogen-bond donors (Lipinski definition) is 0. The Morgan fingerprint density at radius 2 is 2.08 bits per heavy atom. The summed E-state index contributed by atoms with van der Waals surface area (Å²) in [4.78, 5) is 0. The van der Waals surface area contributed by atoms with Gasteiger partial charge in [-0.25, -0.2) is 0 Å². The van der Waals surface area contributed by atoms with Crippen molar-refractivity contribution in [3.63, 3.8) is 0 Å². The van der Waals surface area contributed by atoms with Crippen molar-refractivity contribution in [1.82, 2.24) is 0 Å². The minimum atomic E-state index is 0.705. The van der Waals surface area contributed by atoms with Gasteiger partial charge < -0.3 is 0 Å². The highest BCUT2D eigenvalue weighted by Crippen LogP contribution is 2.22. The zero-order valence-electron chi connectivity index (χ0n) is 7.65. The first-order valence-electron chi connectivity index (χ1n) is 4.77. The standard InChI is InChI=1S/C12H14S/c1-2-6-11(7-3-1)10-12-8-4-5-9-13-12/h1-4,6-8,12H,5,9-10H2. The Kier molecular flexibility index (Phi) is 3.09. The van der Waals surface area contributed by atoms with E-state index >= 15 is 0 Å². The molecule has 0 aromatic heterocycles. The predicted octanol–water partition coefficient (Wildman–Crippen LogP) is 3.29. The lowest BCUT2D eigenvalue weighted by Crippen LogP contribution is -2.07. The Morgan fingerprint density at radius 3 is 2.77 bits per heavy atom. The Balaban J connectivity index is 1.98. The van der Waals surface area contributed by atoms with Crippen LogP contribution >= 0.6 is 11.8 Å². The summed E-state index contributed by atoms with van der Waals surface area (Å²) in [6.45, 7) is 0. The second kappa shape index (κ2) is 4.52. The van der Waals surface area contributed by atoms with Crippen LogP contribution in [0, 0.1) is 0 Å². The van der Waals surface area contributed by atoms with Gasteiger partial charge in [0.2, 0.25) is 0 Å². The predicted molar refractivity (Wildman–Crippen MR) is 60.1 cm³/mol. The lowest BCUT2D eigenvalue weighted by Gasteiger charge is -2.15. The van der Waals surface area contributed by atoms with E-state index in [1.807, 2.05) is 0 Å². The molecule has 13 heavy (non-hydrogen) atoms. The average Bonchev–Trinajstić information content (AvgIpc) is 2.21. The summed E-state index contributed by atoms with van der Waals surface area (Å²) in [5.74, 6) is 1.29. The summed E-state index contributed by atoms with van der Waals surface area (Å²) < 4.78 is 0. The monoisotopic (exact) mass is 190 g/mol. The summed E-state index contributed by atoms with van der Waals surface area (Å²) in [7, 11) is 0. The largest absolute Gasteiger partial charge is 0.154 e. The molecule has 0 saturated heterocycles. The van der Waals surface area contributed by atoms with Gasteiger partial charge in [-0.3, -0.25) is 0 Å². The molecule has 2 rings (SSSR count). The van der Waals surface area contributed by atoms with E-state index in [0.29, 0.717) is 5.25 Å². The molecule has 1 aliphatic rings. The van der Waals surface area contributed by atoms with Crippen molar-refractivity contribution in [2.24, 2.45) is 0 Å². The topological polar surface area (TPSA) is 0 Å². The zero-order chi connectivity index (χ0) is 8.93. The van der Waals surface area contributed by atoms with E-state index in [-0.39, 0.29) is 0 Å². The van der Waals surface area contributed by atoms with Gasteiger partial charge in [-0.2, -0.15) is 11.8 Å². The van der Waals surface area contributed by atoms with Gasteiger partial charge in [0.05, 0.1) is 0 Å². The summed E-state index contributed by atoms with van der Waals surface area (Å²) in [6, 6.07) is 10.7.